The molecule has 0 saturated heterocycles. The lowest BCUT2D eigenvalue weighted by Gasteiger charge is -2.12. The van der Waals surface area contributed by atoms with Crippen LogP contribution >= 0.6 is 11.8 Å². The van der Waals surface area contributed by atoms with Gasteiger partial charge in [-0.3, -0.25) is 9.36 Å². The van der Waals surface area contributed by atoms with Gasteiger partial charge in [0.05, 0.1) is 18.4 Å². The second-order valence-corrected chi connectivity index (χ2v) is 7.28. The minimum atomic E-state index is -0.213. The Morgan fingerprint density at radius 2 is 1.90 bits per heavy atom. The van der Waals surface area contributed by atoms with Crippen LogP contribution in [0.4, 0.5) is 5.82 Å². The summed E-state index contributed by atoms with van der Waals surface area (Å²) in [5, 5.41) is 15.8. The summed E-state index contributed by atoms with van der Waals surface area (Å²) < 4.78 is 12.4. The average molecular weight is 421 g/mol. The second-order valence-electron chi connectivity index (χ2n) is 6.34. The van der Waals surface area contributed by atoms with Crippen molar-refractivity contribution in [1.82, 2.24) is 19.9 Å². The SMILES string of the molecule is COc1ccccc1-c1nnc(SCC(=O)Nc2cc(C)on2)n1-c1ccccc1. The van der Waals surface area contributed by atoms with E-state index in [4.69, 9.17) is 9.26 Å². The van der Waals surface area contributed by atoms with E-state index in [0.29, 0.717) is 28.3 Å². The quantitative estimate of drug-likeness (QED) is 0.451. The zero-order valence-electron chi connectivity index (χ0n) is 16.4. The fourth-order valence-corrected chi connectivity index (χ4v) is 3.66. The highest BCUT2D eigenvalue weighted by molar-refractivity contribution is 7.99. The number of rotatable bonds is 7. The summed E-state index contributed by atoms with van der Waals surface area (Å²) in [5.74, 6) is 2.27. The molecule has 0 unspecified atom stereocenters. The van der Waals surface area contributed by atoms with E-state index in [1.807, 2.05) is 59.2 Å². The molecule has 2 aromatic carbocycles. The molecule has 9 heteroatoms. The Hall–Kier alpha value is -3.59. The summed E-state index contributed by atoms with van der Waals surface area (Å²) in [6.07, 6.45) is 0. The first-order chi connectivity index (χ1) is 14.7. The van der Waals surface area contributed by atoms with Crippen molar-refractivity contribution in [1.29, 1.82) is 0 Å². The van der Waals surface area contributed by atoms with Crippen LogP contribution in [0.1, 0.15) is 5.76 Å². The molecule has 152 valence electrons. The summed E-state index contributed by atoms with van der Waals surface area (Å²) in [4.78, 5) is 12.3. The van der Waals surface area contributed by atoms with E-state index >= 15 is 0 Å². The number of nitrogens with one attached hydrogen (secondary N) is 1. The van der Waals surface area contributed by atoms with E-state index in [0.717, 1.165) is 11.3 Å². The number of ether oxygens (including phenoxy) is 1. The highest BCUT2D eigenvalue weighted by atomic mass is 32.2. The number of aromatic nitrogens is 4. The van der Waals surface area contributed by atoms with Crippen molar-refractivity contribution in [2.24, 2.45) is 0 Å². The van der Waals surface area contributed by atoms with Crippen LogP contribution in [0.25, 0.3) is 17.1 Å². The van der Waals surface area contributed by atoms with Crippen LogP contribution in [0.5, 0.6) is 5.75 Å². The van der Waals surface area contributed by atoms with Crippen LogP contribution in [0, 0.1) is 6.92 Å². The molecule has 4 rings (SSSR count). The molecule has 30 heavy (non-hydrogen) atoms. The largest absolute Gasteiger partial charge is 0.496 e. The molecule has 0 aliphatic heterocycles. The van der Waals surface area contributed by atoms with Gasteiger partial charge in [-0.25, -0.2) is 0 Å². The Bertz CT molecular complexity index is 1160. The van der Waals surface area contributed by atoms with E-state index < -0.39 is 0 Å². The number of benzene rings is 2. The van der Waals surface area contributed by atoms with Crippen LogP contribution in [0.2, 0.25) is 0 Å². The van der Waals surface area contributed by atoms with Crippen LogP contribution in [0.3, 0.4) is 0 Å². The molecule has 2 heterocycles. The zero-order valence-corrected chi connectivity index (χ0v) is 17.2. The normalized spacial score (nSPS) is 10.7. The minimum Gasteiger partial charge on any atom is -0.496 e. The van der Waals surface area contributed by atoms with Gasteiger partial charge in [0.25, 0.3) is 0 Å². The Kier molecular flexibility index (Phi) is 5.80. The van der Waals surface area contributed by atoms with Gasteiger partial charge >= 0.3 is 0 Å². The third kappa shape index (κ3) is 4.20. The molecule has 0 radical (unpaired) electrons. The number of anilines is 1. The Morgan fingerprint density at radius 3 is 2.63 bits per heavy atom. The summed E-state index contributed by atoms with van der Waals surface area (Å²) in [5.41, 5.74) is 1.70. The van der Waals surface area contributed by atoms with E-state index in [1.54, 1.807) is 20.1 Å². The van der Waals surface area contributed by atoms with E-state index in [9.17, 15) is 4.79 Å². The lowest BCUT2D eigenvalue weighted by atomic mass is 10.2. The monoisotopic (exact) mass is 421 g/mol. The standard InChI is InChI=1S/C21H19N5O3S/c1-14-12-18(25-29-14)22-19(27)13-30-21-24-23-20(16-10-6-7-11-17(16)28-2)26(21)15-8-4-3-5-9-15/h3-12H,13H2,1-2H3,(H,22,25,27). The summed E-state index contributed by atoms with van der Waals surface area (Å²) in [6, 6.07) is 19.0. The van der Waals surface area contributed by atoms with Crippen molar-refractivity contribution in [3.63, 3.8) is 0 Å². The highest BCUT2D eigenvalue weighted by Gasteiger charge is 2.19. The number of para-hydroxylation sites is 2. The molecule has 0 spiro atoms. The van der Waals surface area contributed by atoms with E-state index in [1.165, 1.54) is 11.8 Å². The molecule has 0 bridgehead atoms. The Balaban J connectivity index is 1.63. The Labute approximate surface area is 177 Å². The zero-order chi connectivity index (χ0) is 20.9. The molecular formula is C21H19N5O3S. The van der Waals surface area contributed by atoms with Crippen molar-refractivity contribution in [3.8, 4) is 22.8 Å². The van der Waals surface area contributed by atoms with Crippen LogP contribution in [-0.4, -0.2) is 38.7 Å². The number of amides is 1. The van der Waals surface area contributed by atoms with Gasteiger partial charge in [-0.15, -0.1) is 10.2 Å². The average Bonchev–Trinajstić information content (AvgIpc) is 3.38. The summed E-state index contributed by atoms with van der Waals surface area (Å²) >= 11 is 1.28. The van der Waals surface area contributed by atoms with Crippen molar-refractivity contribution in [3.05, 3.63) is 66.4 Å². The fraction of sp³-hybridized carbons (Fsp3) is 0.143. The van der Waals surface area contributed by atoms with Gasteiger partial charge in [0.1, 0.15) is 11.5 Å². The molecule has 0 atom stereocenters. The molecule has 0 aliphatic carbocycles. The first-order valence-electron chi connectivity index (χ1n) is 9.16. The molecule has 0 saturated carbocycles. The third-order valence-corrected chi connectivity index (χ3v) is 5.15. The number of hydrogen-bond acceptors (Lipinski definition) is 7. The predicted octanol–water partition coefficient (Wildman–Crippen LogP) is 3.97. The molecular weight excluding hydrogens is 402 g/mol. The molecule has 1 N–H and O–H groups in total. The van der Waals surface area contributed by atoms with Gasteiger partial charge in [0.2, 0.25) is 5.91 Å². The maximum absolute atomic E-state index is 12.3. The molecule has 4 aromatic rings. The van der Waals surface area contributed by atoms with E-state index in [2.05, 4.69) is 20.7 Å². The predicted molar refractivity (Wildman–Crippen MR) is 114 cm³/mol. The first-order valence-corrected chi connectivity index (χ1v) is 10.1. The number of aryl methyl sites for hydroxylation is 1. The maximum Gasteiger partial charge on any atom is 0.236 e. The van der Waals surface area contributed by atoms with Crippen molar-refractivity contribution < 1.29 is 14.1 Å². The minimum absolute atomic E-state index is 0.142. The second kappa shape index (κ2) is 8.83. The van der Waals surface area contributed by atoms with Crippen LogP contribution in [-0.2, 0) is 4.79 Å². The van der Waals surface area contributed by atoms with Crippen molar-refractivity contribution in [2.45, 2.75) is 12.1 Å². The van der Waals surface area contributed by atoms with Crippen molar-refractivity contribution >= 4 is 23.5 Å². The highest BCUT2D eigenvalue weighted by Crippen LogP contribution is 2.33. The first kappa shape index (κ1) is 19.7. The molecule has 2 aromatic heterocycles. The van der Waals surface area contributed by atoms with Gasteiger partial charge in [-0.2, -0.15) is 0 Å². The molecule has 0 fully saturated rings. The summed E-state index contributed by atoms with van der Waals surface area (Å²) in [7, 11) is 1.62. The topological polar surface area (TPSA) is 95.1 Å². The van der Waals surface area contributed by atoms with Crippen LogP contribution in [0.15, 0.2) is 70.3 Å². The number of thioether (sulfide) groups is 1. The third-order valence-electron chi connectivity index (χ3n) is 4.22. The number of methoxy groups -OCH3 is 1. The smallest absolute Gasteiger partial charge is 0.236 e. The van der Waals surface area contributed by atoms with Gasteiger partial charge in [0, 0.05) is 11.8 Å². The van der Waals surface area contributed by atoms with Crippen LogP contribution < -0.4 is 10.1 Å². The van der Waals surface area contributed by atoms with Gasteiger partial charge in [-0.1, -0.05) is 47.3 Å². The Morgan fingerprint density at radius 1 is 1.13 bits per heavy atom. The lowest BCUT2D eigenvalue weighted by Crippen LogP contribution is -2.14. The summed E-state index contributed by atoms with van der Waals surface area (Å²) in [6.45, 7) is 1.76. The molecule has 1 amide bonds. The fourth-order valence-electron chi connectivity index (χ4n) is 2.91. The maximum atomic E-state index is 12.3. The number of nitrogens with zero attached hydrogens (tertiary/aromatic N) is 4. The van der Waals surface area contributed by atoms with Gasteiger partial charge in [-0.05, 0) is 31.2 Å². The van der Waals surface area contributed by atoms with E-state index in [-0.39, 0.29) is 11.7 Å². The van der Waals surface area contributed by atoms with Crippen molar-refractivity contribution in [2.75, 3.05) is 18.2 Å². The molecule has 8 nitrogen and oxygen atoms in total. The molecule has 0 aliphatic rings. The number of carbonyl (C=O) groups is 1. The lowest BCUT2D eigenvalue weighted by molar-refractivity contribution is -0.113. The van der Waals surface area contributed by atoms with Gasteiger partial charge in [0.15, 0.2) is 16.8 Å². The number of hydrogen-bond donors (Lipinski definition) is 1. The van der Waals surface area contributed by atoms with Gasteiger partial charge < -0.3 is 14.6 Å². The number of carbonyl (C=O) groups excluding carboxylic acids is 1.